The minimum atomic E-state index is -0.0365. The van der Waals surface area contributed by atoms with Crippen LogP contribution >= 0.6 is 11.3 Å². The zero-order chi connectivity index (χ0) is 16.9. The lowest BCUT2D eigenvalue weighted by Crippen LogP contribution is -2.35. The van der Waals surface area contributed by atoms with E-state index in [2.05, 4.69) is 53.3 Å². The van der Waals surface area contributed by atoms with E-state index in [0.29, 0.717) is 12.1 Å². The summed E-state index contributed by atoms with van der Waals surface area (Å²) in [6.45, 7) is 6.53. The molecule has 1 N–H and O–H groups in total. The third-order valence-corrected chi connectivity index (χ3v) is 4.80. The van der Waals surface area contributed by atoms with Crippen LogP contribution in [0, 0.1) is 6.92 Å². The third-order valence-electron chi connectivity index (χ3n) is 4.01. The monoisotopic (exact) mass is 339 g/mol. The molecule has 5 heteroatoms. The number of aromatic nitrogens is 1. The molecule has 1 aromatic heterocycles. The highest BCUT2D eigenvalue weighted by molar-refractivity contribution is 7.16. The van der Waals surface area contributed by atoms with Gasteiger partial charge in [0.05, 0.1) is 15.7 Å². The summed E-state index contributed by atoms with van der Waals surface area (Å²) in [7, 11) is 0. The minimum absolute atomic E-state index is 0.0365. The average molecular weight is 339 g/mol. The number of anilines is 1. The number of nitrogens with zero attached hydrogens (tertiary/aromatic N) is 2. The maximum atomic E-state index is 12.3. The van der Waals surface area contributed by atoms with Crippen LogP contribution in [0.5, 0.6) is 0 Å². The quantitative estimate of drug-likeness (QED) is 0.742. The van der Waals surface area contributed by atoms with Gasteiger partial charge < -0.3 is 10.2 Å². The Morgan fingerprint density at radius 2 is 2.12 bits per heavy atom. The van der Waals surface area contributed by atoms with Crippen molar-refractivity contribution >= 4 is 33.1 Å². The number of amides is 1. The fraction of sp³-hybridized carbons (Fsp3) is 0.263. The zero-order valence-electron chi connectivity index (χ0n) is 14.0. The molecule has 3 rings (SSSR count). The zero-order valence-corrected chi connectivity index (χ0v) is 14.8. The van der Waals surface area contributed by atoms with E-state index in [1.54, 1.807) is 16.8 Å². The van der Waals surface area contributed by atoms with Crippen molar-refractivity contribution in [2.45, 2.75) is 13.8 Å². The minimum Gasteiger partial charge on any atom is -0.370 e. The normalized spacial score (nSPS) is 10.8. The van der Waals surface area contributed by atoms with E-state index < -0.39 is 0 Å². The Kier molecular flexibility index (Phi) is 5.11. The first kappa shape index (κ1) is 16.5. The van der Waals surface area contributed by atoms with E-state index in [1.165, 1.54) is 11.3 Å². The second-order valence-electron chi connectivity index (χ2n) is 5.71. The van der Waals surface area contributed by atoms with Gasteiger partial charge in [0.2, 0.25) is 0 Å². The Labute approximate surface area is 146 Å². The summed E-state index contributed by atoms with van der Waals surface area (Å²) >= 11 is 1.55. The molecular formula is C19H21N3OS. The van der Waals surface area contributed by atoms with Gasteiger partial charge in [0, 0.05) is 30.9 Å². The number of fused-ring (bicyclic) bond motifs is 1. The number of aryl methyl sites for hydroxylation is 1. The molecule has 3 aromatic rings. The van der Waals surface area contributed by atoms with E-state index in [0.717, 1.165) is 23.3 Å². The predicted octanol–water partition coefficient (Wildman–Crippen LogP) is 3.86. The molecule has 124 valence electrons. The molecule has 0 spiro atoms. The third kappa shape index (κ3) is 3.74. The van der Waals surface area contributed by atoms with Gasteiger partial charge in [-0.05, 0) is 49.7 Å². The Balaban J connectivity index is 1.59. The maximum absolute atomic E-state index is 12.3. The molecule has 0 bridgehead atoms. The highest BCUT2D eigenvalue weighted by Gasteiger charge is 2.09. The largest absolute Gasteiger partial charge is 0.370 e. The van der Waals surface area contributed by atoms with Gasteiger partial charge in [-0.1, -0.05) is 12.1 Å². The summed E-state index contributed by atoms with van der Waals surface area (Å²) in [5, 5.41) is 3.01. The van der Waals surface area contributed by atoms with Crippen molar-refractivity contribution in [2.24, 2.45) is 0 Å². The summed E-state index contributed by atoms with van der Waals surface area (Å²) in [6, 6.07) is 14.1. The lowest BCUT2D eigenvalue weighted by Gasteiger charge is -2.23. The van der Waals surface area contributed by atoms with E-state index in [9.17, 15) is 4.79 Å². The number of hydrogen-bond acceptors (Lipinski definition) is 4. The first-order valence-electron chi connectivity index (χ1n) is 8.10. The number of thiazole rings is 1. The topological polar surface area (TPSA) is 45.2 Å². The van der Waals surface area contributed by atoms with Gasteiger partial charge in [-0.3, -0.25) is 4.79 Å². The molecule has 0 aliphatic heterocycles. The van der Waals surface area contributed by atoms with Crippen molar-refractivity contribution in [1.82, 2.24) is 10.3 Å². The average Bonchev–Trinajstić information content (AvgIpc) is 3.06. The number of carbonyl (C=O) groups is 1. The number of likely N-dealkylation sites (N-methyl/N-ethyl adjacent to an activating group) is 1. The highest BCUT2D eigenvalue weighted by atomic mass is 32.1. The van der Waals surface area contributed by atoms with Crippen molar-refractivity contribution in [2.75, 3.05) is 24.5 Å². The second kappa shape index (κ2) is 7.45. The molecule has 0 aliphatic carbocycles. The summed E-state index contributed by atoms with van der Waals surface area (Å²) in [5.41, 5.74) is 5.86. The van der Waals surface area contributed by atoms with E-state index in [4.69, 9.17) is 0 Å². The lowest BCUT2D eigenvalue weighted by molar-refractivity contribution is 0.0955. The Morgan fingerprint density at radius 3 is 2.92 bits per heavy atom. The van der Waals surface area contributed by atoms with E-state index in [-0.39, 0.29) is 5.91 Å². The van der Waals surface area contributed by atoms with Crippen LogP contribution in [0.2, 0.25) is 0 Å². The second-order valence-corrected chi connectivity index (χ2v) is 6.60. The summed E-state index contributed by atoms with van der Waals surface area (Å²) in [5.74, 6) is -0.0365. The smallest absolute Gasteiger partial charge is 0.251 e. The molecule has 1 heterocycles. The van der Waals surface area contributed by atoms with Crippen molar-refractivity contribution in [3.63, 3.8) is 0 Å². The van der Waals surface area contributed by atoms with Crippen molar-refractivity contribution < 1.29 is 4.79 Å². The first-order chi connectivity index (χ1) is 11.7. The first-order valence-corrected chi connectivity index (χ1v) is 8.98. The highest BCUT2D eigenvalue weighted by Crippen LogP contribution is 2.19. The SMILES string of the molecule is CCN(CCNC(=O)c1ccc2ncsc2c1)c1cccc(C)c1. The predicted molar refractivity (Wildman–Crippen MR) is 101 cm³/mol. The van der Waals surface area contributed by atoms with Gasteiger partial charge in [-0.2, -0.15) is 0 Å². The standard InChI is InChI=1S/C19H21N3OS/c1-3-22(16-6-4-5-14(2)11-16)10-9-20-19(23)15-7-8-17-18(12-15)24-13-21-17/h4-8,11-13H,3,9-10H2,1-2H3,(H,20,23). The van der Waals surface area contributed by atoms with Crippen LogP contribution in [0.4, 0.5) is 5.69 Å². The molecule has 0 unspecified atom stereocenters. The van der Waals surface area contributed by atoms with Crippen LogP contribution < -0.4 is 10.2 Å². The molecule has 1 amide bonds. The Morgan fingerprint density at radius 1 is 1.25 bits per heavy atom. The molecule has 0 saturated carbocycles. The van der Waals surface area contributed by atoms with Crippen LogP contribution in [-0.2, 0) is 0 Å². The van der Waals surface area contributed by atoms with Crippen LogP contribution in [0.3, 0.4) is 0 Å². The number of nitrogens with one attached hydrogen (secondary N) is 1. The van der Waals surface area contributed by atoms with Gasteiger partial charge in [0.25, 0.3) is 5.91 Å². The molecule has 0 fully saturated rings. The molecule has 24 heavy (non-hydrogen) atoms. The number of benzene rings is 2. The molecule has 0 atom stereocenters. The van der Waals surface area contributed by atoms with Gasteiger partial charge in [0.1, 0.15) is 0 Å². The summed E-state index contributed by atoms with van der Waals surface area (Å²) in [4.78, 5) is 18.8. The van der Waals surface area contributed by atoms with Crippen molar-refractivity contribution in [1.29, 1.82) is 0 Å². The van der Waals surface area contributed by atoms with E-state index >= 15 is 0 Å². The number of carbonyl (C=O) groups excluding carboxylic acids is 1. The molecule has 0 saturated heterocycles. The summed E-state index contributed by atoms with van der Waals surface area (Å²) < 4.78 is 1.04. The molecule has 4 nitrogen and oxygen atoms in total. The Bertz CT molecular complexity index is 843. The van der Waals surface area contributed by atoms with Gasteiger partial charge >= 0.3 is 0 Å². The molecular weight excluding hydrogens is 318 g/mol. The van der Waals surface area contributed by atoms with Crippen LogP contribution in [0.1, 0.15) is 22.8 Å². The fourth-order valence-electron chi connectivity index (χ4n) is 2.70. The van der Waals surface area contributed by atoms with Crippen LogP contribution in [0.25, 0.3) is 10.2 Å². The number of rotatable bonds is 6. The maximum Gasteiger partial charge on any atom is 0.251 e. The fourth-order valence-corrected chi connectivity index (χ4v) is 3.41. The van der Waals surface area contributed by atoms with Crippen molar-refractivity contribution in [3.8, 4) is 0 Å². The van der Waals surface area contributed by atoms with Crippen LogP contribution in [0.15, 0.2) is 48.0 Å². The number of hydrogen-bond donors (Lipinski definition) is 1. The van der Waals surface area contributed by atoms with Gasteiger partial charge in [-0.25, -0.2) is 4.98 Å². The summed E-state index contributed by atoms with van der Waals surface area (Å²) in [6.07, 6.45) is 0. The van der Waals surface area contributed by atoms with E-state index in [1.807, 2.05) is 18.2 Å². The van der Waals surface area contributed by atoms with Gasteiger partial charge in [-0.15, -0.1) is 11.3 Å². The van der Waals surface area contributed by atoms with Crippen molar-refractivity contribution in [3.05, 3.63) is 59.1 Å². The lowest BCUT2D eigenvalue weighted by atomic mass is 10.2. The molecule has 0 aliphatic rings. The molecule has 0 radical (unpaired) electrons. The molecule has 2 aromatic carbocycles. The van der Waals surface area contributed by atoms with Gasteiger partial charge in [0.15, 0.2) is 0 Å². The Hall–Kier alpha value is -2.40. The van der Waals surface area contributed by atoms with Crippen LogP contribution in [-0.4, -0.2) is 30.5 Å².